The lowest BCUT2D eigenvalue weighted by atomic mass is 10.6. The molecular weight excluding hydrogens is 192 g/mol. The fourth-order valence-corrected chi connectivity index (χ4v) is 1.59. The molecule has 0 amide bonds. The fraction of sp³-hybridized carbons (Fsp3) is 0.111. The summed E-state index contributed by atoms with van der Waals surface area (Å²) in [5, 5.41) is 10.8. The Morgan fingerprint density at radius 3 is 3.07 bits per heavy atom. The van der Waals surface area contributed by atoms with Gasteiger partial charge in [-0.05, 0) is 6.08 Å². The van der Waals surface area contributed by atoms with Crippen molar-refractivity contribution in [2.24, 2.45) is 0 Å². The van der Waals surface area contributed by atoms with E-state index in [0.717, 1.165) is 18.3 Å². The summed E-state index contributed by atoms with van der Waals surface area (Å²) in [4.78, 5) is 7.28. The summed E-state index contributed by atoms with van der Waals surface area (Å²) in [5.74, 6) is 1.73. The Bertz CT molecular complexity index is 443. The molecule has 3 rings (SSSR count). The quantitative estimate of drug-likeness (QED) is 0.759. The standard InChI is InChI=1S/C9H10N6/c1-6-14(8-2-3-12-13-8)15(7-1)9-10-4-5-11-9/h1-6H,7H2,(H,10,11)(H,12,13). The molecule has 0 radical (unpaired) electrons. The van der Waals surface area contributed by atoms with Gasteiger partial charge < -0.3 is 4.98 Å². The normalized spacial score (nSPS) is 15.2. The van der Waals surface area contributed by atoms with Crippen LogP contribution in [0.15, 0.2) is 36.9 Å². The number of anilines is 2. The van der Waals surface area contributed by atoms with Crippen LogP contribution < -0.4 is 10.0 Å². The zero-order valence-electron chi connectivity index (χ0n) is 7.96. The Labute approximate surface area is 86.2 Å². The SMILES string of the molecule is C1=CN(c2ccn[nH]2)N(c2ncc[nH]2)C1. The maximum absolute atomic E-state index is 4.21. The molecule has 0 atom stereocenters. The largest absolute Gasteiger partial charge is 0.330 e. The number of hydrogen-bond donors (Lipinski definition) is 2. The van der Waals surface area contributed by atoms with Crippen LogP contribution in [0, 0.1) is 0 Å². The van der Waals surface area contributed by atoms with Crippen LogP contribution in [-0.2, 0) is 0 Å². The number of rotatable bonds is 2. The predicted octanol–water partition coefficient (Wildman–Crippen LogP) is 0.888. The van der Waals surface area contributed by atoms with Crippen LogP contribution in [0.3, 0.4) is 0 Å². The van der Waals surface area contributed by atoms with Crippen LogP contribution in [-0.4, -0.2) is 26.7 Å². The van der Waals surface area contributed by atoms with Gasteiger partial charge >= 0.3 is 0 Å². The van der Waals surface area contributed by atoms with Gasteiger partial charge in [0.2, 0.25) is 5.95 Å². The summed E-state index contributed by atoms with van der Waals surface area (Å²) >= 11 is 0. The highest BCUT2D eigenvalue weighted by Crippen LogP contribution is 2.21. The van der Waals surface area contributed by atoms with Crippen LogP contribution in [0.1, 0.15) is 0 Å². The van der Waals surface area contributed by atoms with Crippen LogP contribution >= 0.6 is 0 Å². The van der Waals surface area contributed by atoms with Gasteiger partial charge in [-0.2, -0.15) is 5.10 Å². The number of imidazole rings is 1. The maximum Gasteiger partial charge on any atom is 0.222 e. The average Bonchev–Trinajstić information content (AvgIpc) is 3.01. The van der Waals surface area contributed by atoms with Gasteiger partial charge in [0, 0.05) is 24.7 Å². The van der Waals surface area contributed by atoms with Gasteiger partial charge in [-0.1, -0.05) is 0 Å². The zero-order valence-corrected chi connectivity index (χ0v) is 7.96. The second-order valence-electron chi connectivity index (χ2n) is 3.17. The summed E-state index contributed by atoms with van der Waals surface area (Å²) in [6, 6.07) is 1.91. The van der Waals surface area contributed by atoms with E-state index in [-0.39, 0.29) is 0 Å². The summed E-state index contributed by atoms with van der Waals surface area (Å²) in [6.45, 7) is 0.798. The van der Waals surface area contributed by atoms with Crippen molar-refractivity contribution in [1.29, 1.82) is 0 Å². The Morgan fingerprint density at radius 1 is 1.33 bits per heavy atom. The molecule has 0 unspecified atom stereocenters. The van der Waals surface area contributed by atoms with Crippen molar-refractivity contribution < 1.29 is 0 Å². The first kappa shape index (κ1) is 8.10. The molecular formula is C9H10N6. The third kappa shape index (κ3) is 1.26. The van der Waals surface area contributed by atoms with Gasteiger partial charge in [-0.3, -0.25) is 5.10 Å². The molecule has 0 saturated carbocycles. The molecule has 6 nitrogen and oxygen atoms in total. The van der Waals surface area contributed by atoms with E-state index >= 15 is 0 Å². The molecule has 1 aliphatic rings. The van der Waals surface area contributed by atoms with Crippen molar-refractivity contribution in [3.05, 3.63) is 36.9 Å². The van der Waals surface area contributed by atoms with E-state index in [4.69, 9.17) is 0 Å². The smallest absolute Gasteiger partial charge is 0.222 e. The van der Waals surface area contributed by atoms with E-state index in [0.29, 0.717) is 0 Å². The Hall–Kier alpha value is -2.24. The third-order valence-corrected chi connectivity index (χ3v) is 2.25. The van der Waals surface area contributed by atoms with E-state index in [1.165, 1.54) is 0 Å². The highest BCUT2D eigenvalue weighted by molar-refractivity contribution is 5.53. The molecule has 3 heterocycles. The zero-order chi connectivity index (χ0) is 10.1. The Balaban J connectivity index is 1.92. The van der Waals surface area contributed by atoms with Crippen molar-refractivity contribution >= 4 is 11.8 Å². The minimum atomic E-state index is 0.798. The number of aromatic nitrogens is 4. The molecule has 0 spiro atoms. The lowest BCUT2D eigenvalue weighted by Gasteiger charge is -2.26. The molecule has 0 aliphatic carbocycles. The molecule has 6 heteroatoms. The Kier molecular flexibility index (Phi) is 1.71. The Morgan fingerprint density at radius 2 is 2.33 bits per heavy atom. The van der Waals surface area contributed by atoms with Crippen LogP contribution in [0.4, 0.5) is 11.8 Å². The van der Waals surface area contributed by atoms with E-state index in [1.807, 2.05) is 22.3 Å². The van der Waals surface area contributed by atoms with Gasteiger partial charge in [-0.15, -0.1) is 0 Å². The van der Waals surface area contributed by atoms with Gasteiger partial charge in [0.05, 0.1) is 12.7 Å². The minimum Gasteiger partial charge on any atom is -0.330 e. The second kappa shape index (κ2) is 3.16. The summed E-state index contributed by atoms with van der Waals surface area (Å²) in [5.41, 5.74) is 0. The molecule has 76 valence electrons. The number of aromatic amines is 2. The van der Waals surface area contributed by atoms with Gasteiger partial charge in [0.1, 0.15) is 5.82 Å². The summed E-state index contributed by atoms with van der Waals surface area (Å²) in [7, 11) is 0. The topological polar surface area (TPSA) is 63.8 Å². The predicted molar refractivity (Wildman–Crippen MR) is 56.1 cm³/mol. The highest BCUT2D eigenvalue weighted by Gasteiger charge is 2.20. The first-order chi connectivity index (χ1) is 7.45. The second-order valence-corrected chi connectivity index (χ2v) is 3.17. The van der Waals surface area contributed by atoms with Gasteiger partial charge in [0.15, 0.2) is 0 Å². The summed E-state index contributed by atoms with van der Waals surface area (Å²) < 4.78 is 0. The molecule has 2 aromatic rings. The van der Waals surface area contributed by atoms with Crippen LogP contribution in [0.25, 0.3) is 0 Å². The van der Waals surface area contributed by atoms with Crippen molar-refractivity contribution in [1.82, 2.24) is 20.2 Å². The highest BCUT2D eigenvalue weighted by atomic mass is 15.7. The monoisotopic (exact) mass is 202 g/mol. The first-order valence-corrected chi connectivity index (χ1v) is 4.67. The van der Waals surface area contributed by atoms with Crippen molar-refractivity contribution in [2.75, 3.05) is 16.6 Å². The lowest BCUT2D eigenvalue weighted by Crippen LogP contribution is -2.36. The lowest BCUT2D eigenvalue weighted by molar-refractivity contribution is 0.860. The number of hydrazine groups is 1. The van der Waals surface area contributed by atoms with Crippen LogP contribution in [0.5, 0.6) is 0 Å². The van der Waals surface area contributed by atoms with E-state index in [1.54, 1.807) is 18.6 Å². The minimum absolute atomic E-state index is 0.798. The van der Waals surface area contributed by atoms with Crippen molar-refractivity contribution in [3.8, 4) is 0 Å². The molecule has 15 heavy (non-hydrogen) atoms. The molecule has 0 bridgehead atoms. The molecule has 0 fully saturated rings. The molecule has 2 aromatic heterocycles. The molecule has 0 aromatic carbocycles. The van der Waals surface area contributed by atoms with Crippen molar-refractivity contribution in [3.63, 3.8) is 0 Å². The van der Waals surface area contributed by atoms with Gasteiger partial charge in [-0.25, -0.2) is 15.0 Å². The van der Waals surface area contributed by atoms with Crippen molar-refractivity contribution in [2.45, 2.75) is 0 Å². The molecule has 1 aliphatic heterocycles. The number of hydrogen-bond acceptors (Lipinski definition) is 4. The number of nitrogens with zero attached hydrogens (tertiary/aromatic N) is 4. The summed E-state index contributed by atoms with van der Waals surface area (Å²) in [6.07, 6.45) is 9.30. The van der Waals surface area contributed by atoms with E-state index < -0.39 is 0 Å². The number of H-pyrrole nitrogens is 2. The third-order valence-electron chi connectivity index (χ3n) is 2.25. The first-order valence-electron chi connectivity index (χ1n) is 4.67. The van der Waals surface area contributed by atoms with Crippen LogP contribution in [0.2, 0.25) is 0 Å². The number of nitrogens with one attached hydrogen (secondary N) is 2. The van der Waals surface area contributed by atoms with E-state index in [2.05, 4.69) is 26.2 Å². The van der Waals surface area contributed by atoms with Gasteiger partial charge in [0.25, 0.3) is 0 Å². The molecule has 2 N–H and O–H groups in total. The molecule has 0 saturated heterocycles. The maximum atomic E-state index is 4.21. The fourth-order valence-electron chi connectivity index (χ4n) is 1.59. The van der Waals surface area contributed by atoms with E-state index in [9.17, 15) is 0 Å². The average molecular weight is 202 g/mol.